The molecule has 0 amide bonds. The molecule has 0 aliphatic rings. The molecule has 0 saturated carbocycles. The van der Waals surface area contributed by atoms with E-state index in [9.17, 15) is 4.79 Å². The largest absolute Gasteiger partial charge is 1.00 e. The van der Waals surface area contributed by atoms with Gasteiger partial charge in [-0.05, 0) is 19.9 Å². The van der Waals surface area contributed by atoms with Crippen molar-refractivity contribution in [1.82, 2.24) is 0 Å². The SMILES string of the molecule is CCOc1cccc[n+]1CC(=O)c1ccc(C)cc1.[Br-]. The number of hydrogen-bond acceptors (Lipinski definition) is 2. The Kier molecular flexibility index (Phi) is 6.39. The first-order valence-corrected chi connectivity index (χ1v) is 6.42. The maximum Gasteiger partial charge on any atom is 0.368 e. The molecule has 3 nitrogen and oxygen atoms in total. The number of ketones is 1. The summed E-state index contributed by atoms with van der Waals surface area (Å²) in [7, 11) is 0. The van der Waals surface area contributed by atoms with Gasteiger partial charge in [-0.2, -0.15) is 4.57 Å². The highest BCUT2D eigenvalue weighted by Crippen LogP contribution is 2.06. The summed E-state index contributed by atoms with van der Waals surface area (Å²) in [6, 6.07) is 13.3. The van der Waals surface area contributed by atoms with Crippen LogP contribution in [0, 0.1) is 6.92 Å². The van der Waals surface area contributed by atoms with Crippen molar-refractivity contribution in [2.24, 2.45) is 0 Å². The topological polar surface area (TPSA) is 30.2 Å². The number of carbonyl (C=O) groups is 1. The average Bonchev–Trinajstić information content (AvgIpc) is 2.42. The number of rotatable bonds is 5. The minimum absolute atomic E-state index is 0. The Morgan fingerprint density at radius 2 is 1.85 bits per heavy atom. The average molecular weight is 336 g/mol. The Morgan fingerprint density at radius 3 is 2.50 bits per heavy atom. The smallest absolute Gasteiger partial charge is 0.368 e. The molecule has 0 atom stereocenters. The van der Waals surface area contributed by atoms with Crippen LogP contribution in [-0.4, -0.2) is 12.4 Å². The molecular formula is C16H18BrNO2. The Hall–Kier alpha value is -1.68. The fourth-order valence-corrected chi connectivity index (χ4v) is 1.86. The van der Waals surface area contributed by atoms with Crippen LogP contribution < -0.4 is 26.3 Å². The van der Waals surface area contributed by atoms with Crippen LogP contribution >= 0.6 is 0 Å². The lowest BCUT2D eigenvalue weighted by atomic mass is 10.1. The third-order valence-corrected chi connectivity index (χ3v) is 2.88. The molecule has 1 aromatic carbocycles. The fraction of sp³-hybridized carbons (Fsp3) is 0.250. The molecule has 106 valence electrons. The molecule has 0 spiro atoms. The third kappa shape index (κ3) is 4.17. The highest BCUT2D eigenvalue weighted by molar-refractivity contribution is 5.95. The molecule has 20 heavy (non-hydrogen) atoms. The van der Waals surface area contributed by atoms with E-state index in [1.54, 1.807) is 0 Å². The molecule has 2 rings (SSSR count). The van der Waals surface area contributed by atoms with Gasteiger partial charge in [0.15, 0.2) is 6.20 Å². The van der Waals surface area contributed by atoms with E-state index in [1.165, 1.54) is 0 Å². The molecule has 0 N–H and O–H groups in total. The van der Waals surface area contributed by atoms with Gasteiger partial charge in [-0.1, -0.05) is 29.8 Å². The first-order valence-electron chi connectivity index (χ1n) is 6.42. The molecule has 4 heteroatoms. The minimum atomic E-state index is 0. The molecule has 0 unspecified atom stereocenters. The second-order valence-corrected chi connectivity index (χ2v) is 4.39. The molecule has 2 aromatic rings. The fourth-order valence-electron chi connectivity index (χ4n) is 1.86. The van der Waals surface area contributed by atoms with Crippen LogP contribution in [0.5, 0.6) is 5.88 Å². The van der Waals surface area contributed by atoms with Crippen molar-refractivity contribution in [2.45, 2.75) is 20.4 Å². The van der Waals surface area contributed by atoms with Crippen molar-refractivity contribution < 1.29 is 31.1 Å². The van der Waals surface area contributed by atoms with Crippen LogP contribution in [0.2, 0.25) is 0 Å². The maximum atomic E-state index is 12.2. The number of Topliss-reactive ketones (excluding diaryl/α,β-unsaturated/α-hetero) is 1. The Morgan fingerprint density at radius 1 is 1.15 bits per heavy atom. The summed E-state index contributed by atoms with van der Waals surface area (Å²) in [4.78, 5) is 12.2. The third-order valence-electron chi connectivity index (χ3n) is 2.88. The molecule has 0 radical (unpaired) electrons. The number of carbonyl (C=O) groups excluding carboxylic acids is 1. The summed E-state index contributed by atoms with van der Waals surface area (Å²) in [5, 5.41) is 0. The second kappa shape index (κ2) is 7.80. The van der Waals surface area contributed by atoms with Gasteiger partial charge in [-0.25, -0.2) is 0 Å². The van der Waals surface area contributed by atoms with Crippen molar-refractivity contribution in [3.63, 3.8) is 0 Å². The molecule has 0 aliphatic heterocycles. The number of nitrogens with zero attached hydrogens (tertiary/aromatic N) is 1. The zero-order valence-corrected chi connectivity index (χ0v) is 13.3. The Balaban J connectivity index is 0.00000200. The van der Waals surface area contributed by atoms with E-state index in [1.807, 2.05) is 67.1 Å². The molecule has 0 aliphatic carbocycles. The first kappa shape index (κ1) is 16.4. The Labute approximate surface area is 130 Å². The standard InChI is InChI=1S/C16H18NO2.BrH/c1-3-19-16-6-4-5-11-17(16)12-15(18)14-9-7-13(2)8-10-14;/h4-11H,3,12H2,1-2H3;1H/q+1;/p-1. The summed E-state index contributed by atoms with van der Waals surface area (Å²) in [6.07, 6.45) is 1.86. The van der Waals surface area contributed by atoms with Crippen LogP contribution in [0.4, 0.5) is 0 Å². The predicted octanol–water partition coefficient (Wildman–Crippen LogP) is -0.432. The molecule has 1 heterocycles. The number of halogens is 1. The maximum absolute atomic E-state index is 12.2. The summed E-state index contributed by atoms with van der Waals surface area (Å²) in [5.41, 5.74) is 1.88. The lowest BCUT2D eigenvalue weighted by Gasteiger charge is -2.03. The predicted molar refractivity (Wildman–Crippen MR) is 73.3 cm³/mol. The van der Waals surface area contributed by atoms with Gasteiger partial charge in [0.2, 0.25) is 12.3 Å². The van der Waals surface area contributed by atoms with E-state index in [-0.39, 0.29) is 22.8 Å². The van der Waals surface area contributed by atoms with E-state index in [2.05, 4.69) is 0 Å². The number of ether oxygens (including phenoxy) is 1. The van der Waals surface area contributed by atoms with E-state index in [4.69, 9.17) is 4.74 Å². The molecule has 0 bridgehead atoms. The summed E-state index contributed by atoms with van der Waals surface area (Å²) < 4.78 is 7.33. The molecular weight excluding hydrogens is 318 g/mol. The van der Waals surface area contributed by atoms with Crippen LogP contribution in [-0.2, 0) is 6.54 Å². The van der Waals surface area contributed by atoms with Crippen LogP contribution in [0.1, 0.15) is 22.8 Å². The van der Waals surface area contributed by atoms with Crippen molar-refractivity contribution in [3.8, 4) is 5.88 Å². The van der Waals surface area contributed by atoms with Gasteiger partial charge >= 0.3 is 5.88 Å². The van der Waals surface area contributed by atoms with Gasteiger partial charge in [0.25, 0.3) is 0 Å². The van der Waals surface area contributed by atoms with Gasteiger partial charge in [-0.15, -0.1) is 0 Å². The normalized spacial score (nSPS) is 9.70. The van der Waals surface area contributed by atoms with E-state index < -0.39 is 0 Å². The lowest BCUT2D eigenvalue weighted by Crippen LogP contribution is -3.00. The second-order valence-electron chi connectivity index (χ2n) is 4.39. The summed E-state index contributed by atoms with van der Waals surface area (Å²) in [6.45, 7) is 4.81. The number of aromatic nitrogens is 1. The van der Waals surface area contributed by atoms with Gasteiger partial charge in [-0.3, -0.25) is 4.79 Å². The van der Waals surface area contributed by atoms with Gasteiger partial charge in [0, 0.05) is 11.6 Å². The van der Waals surface area contributed by atoms with E-state index in [0.29, 0.717) is 19.0 Å². The van der Waals surface area contributed by atoms with Crippen molar-refractivity contribution in [3.05, 3.63) is 59.8 Å². The highest BCUT2D eigenvalue weighted by Gasteiger charge is 2.16. The van der Waals surface area contributed by atoms with Gasteiger partial charge in [0.1, 0.15) is 0 Å². The zero-order chi connectivity index (χ0) is 13.7. The monoisotopic (exact) mass is 335 g/mol. The van der Waals surface area contributed by atoms with E-state index >= 15 is 0 Å². The highest BCUT2D eigenvalue weighted by atomic mass is 79.9. The molecule has 0 saturated heterocycles. The Bertz CT molecular complexity index is 567. The zero-order valence-electron chi connectivity index (χ0n) is 11.7. The van der Waals surface area contributed by atoms with Crippen molar-refractivity contribution in [2.75, 3.05) is 6.61 Å². The number of aryl methyl sites for hydroxylation is 1. The number of pyridine rings is 1. The van der Waals surface area contributed by atoms with Crippen LogP contribution in [0.25, 0.3) is 0 Å². The summed E-state index contributed by atoms with van der Waals surface area (Å²) in [5.74, 6) is 0.794. The summed E-state index contributed by atoms with van der Waals surface area (Å²) >= 11 is 0. The van der Waals surface area contributed by atoms with Crippen molar-refractivity contribution >= 4 is 5.78 Å². The molecule has 1 aromatic heterocycles. The number of hydrogen-bond donors (Lipinski definition) is 0. The van der Waals surface area contributed by atoms with Crippen LogP contribution in [0.3, 0.4) is 0 Å². The van der Waals surface area contributed by atoms with Crippen LogP contribution in [0.15, 0.2) is 48.7 Å². The van der Waals surface area contributed by atoms with Gasteiger partial charge < -0.3 is 21.7 Å². The quantitative estimate of drug-likeness (QED) is 0.548. The van der Waals surface area contributed by atoms with E-state index in [0.717, 1.165) is 11.1 Å². The van der Waals surface area contributed by atoms with Crippen molar-refractivity contribution in [1.29, 1.82) is 0 Å². The molecule has 0 fully saturated rings. The number of benzene rings is 1. The lowest BCUT2D eigenvalue weighted by molar-refractivity contribution is -0.688. The van der Waals surface area contributed by atoms with Gasteiger partial charge in [0.05, 0.1) is 12.7 Å². The first-order chi connectivity index (χ1) is 9.20. The minimum Gasteiger partial charge on any atom is -1.00 e.